The number of aliphatic hydroxyl groups is 1. The van der Waals surface area contributed by atoms with Gasteiger partial charge in [-0.2, -0.15) is 0 Å². The highest BCUT2D eigenvalue weighted by Crippen LogP contribution is 2.31. The van der Waals surface area contributed by atoms with Crippen LogP contribution >= 0.6 is 0 Å². The van der Waals surface area contributed by atoms with Gasteiger partial charge in [0.25, 0.3) is 0 Å². The Morgan fingerprint density at radius 1 is 1.27 bits per heavy atom. The Morgan fingerprint density at radius 3 is 2.36 bits per heavy atom. The van der Waals surface area contributed by atoms with Crippen LogP contribution in [0.15, 0.2) is 24.3 Å². The Kier molecular flexibility index (Phi) is 5.42. The number of aliphatic hydroxyl groups excluding tert-OH is 1. The largest absolute Gasteiger partial charge is 0.396 e. The molecule has 1 aliphatic heterocycles. The van der Waals surface area contributed by atoms with Crippen molar-refractivity contribution in [2.75, 3.05) is 45.7 Å². The molecular weight excluding hydrogens is 278 g/mol. The van der Waals surface area contributed by atoms with Gasteiger partial charge in [0.2, 0.25) is 0 Å². The number of piperidine rings is 1. The van der Waals surface area contributed by atoms with E-state index in [0.29, 0.717) is 13.1 Å². The second-order valence-electron chi connectivity index (χ2n) is 6.68. The summed E-state index contributed by atoms with van der Waals surface area (Å²) in [5.41, 5.74) is 1.92. The number of urea groups is 1. The maximum atomic E-state index is 12.3. The zero-order valence-corrected chi connectivity index (χ0v) is 13.8. The van der Waals surface area contributed by atoms with Crippen molar-refractivity contribution in [3.05, 3.63) is 29.8 Å². The number of carbonyl (C=O) groups is 1. The van der Waals surface area contributed by atoms with Gasteiger partial charge in [-0.05, 0) is 46.0 Å². The van der Waals surface area contributed by atoms with Crippen molar-refractivity contribution in [2.24, 2.45) is 5.41 Å². The summed E-state index contributed by atoms with van der Waals surface area (Å²) >= 11 is 0. The van der Waals surface area contributed by atoms with Crippen LogP contribution in [0.3, 0.4) is 0 Å². The van der Waals surface area contributed by atoms with Gasteiger partial charge < -0.3 is 20.2 Å². The molecule has 2 amide bonds. The molecule has 122 valence electrons. The molecule has 1 aliphatic rings. The van der Waals surface area contributed by atoms with Crippen LogP contribution in [0.5, 0.6) is 0 Å². The van der Waals surface area contributed by atoms with Crippen LogP contribution in [0, 0.1) is 12.3 Å². The monoisotopic (exact) mass is 305 g/mol. The molecule has 1 saturated heterocycles. The molecule has 0 atom stereocenters. The van der Waals surface area contributed by atoms with Crippen molar-refractivity contribution in [3.8, 4) is 0 Å². The number of hydrogen-bond donors (Lipinski definition) is 2. The van der Waals surface area contributed by atoms with E-state index in [1.807, 2.05) is 50.2 Å². The lowest BCUT2D eigenvalue weighted by molar-refractivity contribution is 0.0358. The van der Waals surface area contributed by atoms with Crippen LogP contribution in [-0.2, 0) is 0 Å². The highest BCUT2D eigenvalue weighted by molar-refractivity contribution is 5.89. The first-order chi connectivity index (χ1) is 10.4. The molecule has 1 aromatic carbocycles. The molecule has 2 rings (SSSR count). The summed E-state index contributed by atoms with van der Waals surface area (Å²) < 4.78 is 0. The van der Waals surface area contributed by atoms with Gasteiger partial charge in [0.1, 0.15) is 0 Å². The van der Waals surface area contributed by atoms with E-state index in [0.717, 1.165) is 25.1 Å². The van der Waals surface area contributed by atoms with E-state index in [1.54, 1.807) is 0 Å². The fourth-order valence-electron chi connectivity index (χ4n) is 3.06. The second kappa shape index (κ2) is 7.11. The molecule has 2 N–H and O–H groups in total. The SMILES string of the molecule is Cc1ccc(NC(=O)N2CCC(CO)(CN(C)C)CC2)cc1. The van der Waals surface area contributed by atoms with Crippen LogP contribution < -0.4 is 5.32 Å². The van der Waals surface area contributed by atoms with Gasteiger partial charge in [0, 0.05) is 30.7 Å². The van der Waals surface area contributed by atoms with E-state index in [1.165, 1.54) is 5.56 Å². The standard InChI is InChI=1S/C17H27N3O2/c1-14-4-6-15(7-5-14)18-16(22)20-10-8-17(13-21,9-11-20)12-19(2)3/h4-7,21H,8-13H2,1-3H3,(H,18,22). The van der Waals surface area contributed by atoms with E-state index in [9.17, 15) is 9.90 Å². The third-order valence-corrected chi connectivity index (χ3v) is 4.40. The molecule has 0 saturated carbocycles. The van der Waals surface area contributed by atoms with Gasteiger partial charge >= 0.3 is 6.03 Å². The molecule has 5 nitrogen and oxygen atoms in total. The molecule has 22 heavy (non-hydrogen) atoms. The fraction of sp³-hybridized carbons (Fsp3) is 0.588. The summed E-state index contributed by atoms with van der Waals surface area (Å²) in [4.78, 5) is 16.3. The fourth-order valence-corrected chi connectivity index (χ4v) is 3.06. The lowest BCUT2D eigenvalue weighted by Gasteiger charge is -2.42. The smallest absolute Gasteiger partial charge is 0.321 e. The zero-order chi connectivity index (χ0) is 16.2. The highest BCUT2D eigenvalue weighted by atomic mass is 16.3. The van der Waals surface area contributed by atoms with Gasteiger partial charge in [-0.15, -0.1) is 0 Å². The predicted molar refractivity (Wildman–Crippen MR) is 89.1 cm³/mol. The Morgan fingerprint density at radius 2 is 1.86 bits per heavy atom. The summed E-state index contributed by atoms with van der Waals surface area (Å²) in [6, 6.07) is 7.75. The first-order valence-electron chi connectivity index (χ1n) is 7.82. The number of carbonyl (C=O) groups excluding carboxylic acids is 1. The molecule has 1 heterocycles. The van der Waals surface area contributed by atoms with E-state index in [4.69, 9.17) is 0 Å². The first-order valence-corrected chi connectivity index (χ1v) is 7.82. The Hall–Kier alpha value is -1.59. The molecule has 0 unspecified atom stereocenters. The summed E-state index contributed by atoms with van der Waals surface area (Å²) in [5, 5.41) is 12.7. The van der Waals surface area contributed by atoms with Gasteiger partial charge in [-0.3, -0.25) is 0 Å². The molecule has 0 aliphatic carbocycles. The maximum Gasteiger partial charge on any atom is 0.321 e. The summed E-state index contributed by atoms with van der Waals surface area (Å²) in [7, 11) is 4.04. The van der Waals surface area contributed by atoms with Crippen molar-refractivity contribution in [1.29, 1.82) is 0 Å². The van der Waals surface area contributed by atoms with E-state index in [-0.39, 0.29) is 18.1 Å². The number of rotatable bonds is 4. The average Bonchev–Trinajstić information content (AvgIpc) is 2.49. The van der Waals surface area contributed by atoms with Crippen molar-refractivity contribution in [3.63, 3.8) is 0 Å². The first kappa shape index (κ1) is 16.8. The summed E-state index contributed by atoms with van der Waals surface area (Å²) in [6.45, 7) is 4.43. The lowest BCUT2D eigenvalue weighted by Crippen LogP contribution is -2.49. The number of aryl methyl sites for hydroxylation is 1. The minimum Gasteiger partial charge on any atom is -0.396 e. The van der Waals surface area contributed by atoms with Crippen LogP contribution in [0.25, 0.3) is 0 Å². The second-order valence-corrected chi connectivity index (χ2v) is 6.68. The minimum atomic E-state index is -0.0792. The Bertz CT molecular complexity index is 491. The van der Waals surface area contributed by atoms with Crippen molar-refractivity contribution in [2.45, 2.75) is 19.8 Å². The van der Waals surface area contributed by atoms with Gasteiger partial charge in [0.05, 0.1) is 6.61 Å². The molecule has 1 aromatic rings. The topological polar surface area (TPSA) is 55.8 Å². The Labute approximate surface area is 132 Å². The maximum absolute atomic E-state index is 12.3. The van der Waals surface area contributed by atoms with Gasteiger partial charge in [-0.1, -0.05) is 17.7 Å². The van der Waals surface area contributed by atoms with Crippen molar-refractivity contribution in [1.82, 2.24) is 9.80 Å². The number of nitrogens with one attached hydrogen (secondary N) is 1. The number of hydrogen-bond acceptors (Lipinski definition) is 3. The average molecular weight is 305 g/mol. The predicted octanol–water partition coefficient (Wildman–Crippen LogP) is 2.16. The molecular formula is C17H27N3O2. The third kappa shape index (κ3) is 4.21. The summed E-state index contributed by atoms with van der Waals surface area (Å²) in [5.74, 6) is 0. The van der Waals surface area contributed by atoms with Crippen LogP contribution in [-0.4, -0.2) is 61.3 Å². The highest BCUT2D eigenvalue weighted by Gasteiger charge is 2.35. The van der Waals surface area contributed by atoms with Gasteiger partial charge in [0.15, 0.2) is 0 Å². The van der Waals surface area contributed by atoms with Crippen LogP contribution in [0.4, 0.5) is 10.5 Å². The molecule has 0 spiro atoms. The van der Waals surface area contributed by atoms with E-state index < -0.39 is 0 Å². The third-order valence-electron chi connectivity index (χ3n) is 4.40. The molecule has 5 heteroatoms. The minimum absolute atomic E-state index is 0.0553. The van der Waals surface area contributed by atoms with Gasteiger partial charge in [-0.25, -0.2) is 4.79 Å². The quantitative estimate of drug-likeness (QED) is 0.896. The lowest BCUT2D eigenvalue weighted by atomic mass is 9.79. The summed E-state index contributed by atoms with van der Waals surface area (Å²) in [6.07, 6.45) is 1.67. The number of benzene rings is 1. The van der Waals surface area contributed by atoms with E-state index >= 15 is 0 Å². The zero-order valence-electron chi connectivity index (χ0n) is 13.8. The van der Waals surface area contributed by atoms with E-state index in [2.05, 4.69) is 10.2 Å². The molecule has 0 aromatic heterocycles. The number of amides is 2. The molecule has 1 fully saturated rings. The van der Waals surface area contributed by atoms with Crippen molar-refractivity contribution < 1.29 is 9.90 Å². The molecule has 0 bridgehead atoms. The normalized spacial score (nSPS) is 17.6. The van der Waals surface area contributed by atoms with Crippen LogP contribution in [0.1, 0.15) is 18.4 Å². The van der Waals surface area contributed by atoms with Crippen LogP contribution in [0.2, 0.25) is 0 Å². The number of anilines is 1. The van der Waals surface area contributed by atoms with Crippen molar-refractivity contribution >= 4 is 11.7 Å². The number of likely N-dealkylation sites (tertiary alicyclic amines) is 1. The number of nitrogens with zero attached hydrogens (tertiary/aromatic N) is 2. The Balaban J connectivity index is 1.90. The molecule has 0 radical (unpaired) electrons.